The molecule has 2 aromatic heterocycles. The summed E-state index contributed by atoms with van der Waals surface area (Å²) in [5, 5.41) is 7.17. The Morgan fingerprint density at radius 3 is 2.47 bits per heavy atom. The molecule has 174 valence electrons. The van der Waals surface area contributed by atoms with Gasteiger partial charge in [0.15, 0.2) is 11.4 Å². The summed E-state index contributed by atoms with van der Waals surface area (Å²) in [4.78, 5) is 16.3. The van der Waals surface area contributed by atoms with Crippen LogP contribution in [0.1, 0.15) is 62.2 Å². The first-order chi connectivity index (χ1) is 14.8. The van der Waals surface area contributed by atoms with E-state index in [-0.39, 0.29) is 35.5 Å². The van der Waals surface area contributed by atoms with Crippen LogP contribution in [0.4, 0.5) is 18.9 Å². The van der Waals surface area contributed by atoms with Crippen LogP contribution < -0.4 is 10.1 Å². The second-order valence-corrected chi connectivity index (χ2v) is 8.74. The van der Waals surface area contributed by atoms with Crippen LogP contribution in [0.5, 0.6) is 11.6 Å². The van der Waals surface area contributed by atoms with Crippen molar-refractivity contribution in [2.45, 2.75) is 65.2 Å². The lowest BCUT2D eigenvalue weighted by Gasteiger charge is -2.31. The molecular weight excluding hydrogens is 425 g/mol. The van der Waals surface area contributed by atoms with E-state index in [1.54, 1.807) is 34.6 Å². The number of hydrogen-bond acceptors (Lipinski definition) is 6. The van der Waals surface area contributed by atoms with Gasteiger partial charge in [-0.3, -0.25) is 4.98 Å². The third-order valence-corrected chi connectivity index (χ3v) is 5.00. The fourth-order valence-corrected chi connectivity index (χ4v) is 3.43. The molecule has 0 radical (unpaired) electrons. The molecule has 0 saturated heterocycles. The maximum absolute atomic E-state index is 14.1. The van der Waals surface area contributed by atoms with Gasteiger partial charge in [0.2, 0.25) is 5.88 Å². The zero-order chi connectivity index (χ0) is 23.8. The van der Waals surface area contributed by atoms with Crippen molar-refractivity contribution in [3.05, 3.63) is 41.4 Å². The van der Waals surface area contributed by atoms with Crippen LogP contribution in [0.2, 0.25) is 0 Å². The predicted octanol–water partition coefficient (Wildman–Crippen LogP) is 5.46. The van der Waals surface area contributed by atoms with Gasteiger partial charge in [-0.25, -0.2) is 9.48 Å². The molecule has 0 aromatic carbocycles. The van der Waals surface area contributed by atoms with Crippen molar-refractivity contribution >= 4 is 11.7 Å². The smallest absolute Gasteiger partial charge is 0.422 e. The SMILES string of the molecule is C=C1CC(Nc2cncc(Oc3c(C)c(C(=O)OCC)nn3C(C)(C)C)c2C(F)(F)F)C1. The van der Waals surface area contributed by atoms with Crippen LogP contribution in [0, 0.1) is 6.92 Å². The van der Waals surface area contributed by atoms with Gasteiger partial charge < -0.3 is 14.8 Å². The Morgan fingerprint density at radius 1 is 1.28 bits per heavy atom. The topological polar surface area (TPSA) is 78.3 Å². The number of carbonyl (C=O) groups excluding carboxylic acids is 1. The maximum Gasteiger partial charge on any atom is 0.422 e. The summed E-state index contributed by atoms with van der Waals surface area (Å²) < 4.78 is 54.4. The van der Waals surface area contributed by atoms with Crippen LogP contribution in [-0.4, -0.2) is 33.4 Å². The average Bonchev–Trinajstić information content (AvgIpc) is 2.97. The number of aromatic nitrogens is 3. The number of esters is 1. The molecule has 1 aliphatic rings. The summed E-state index contributed by atoms with van der Waals surface area (Å²) >= 11 is 0. The molecule has 2 heterocycles. The molecule has 0 bridgehead atoms. The Bertz CT molecular complexity index is 1030. The zero-order valence-corrected chi connectivity index (χ0v) is 18.8. The van der Waals surface area contributed by atoms with Crippen molar-refractivity contribution in [2.24, 2.45) is 0 Å². The zero-order valence-electron chi connectivity index (χ0n) is 18.8. The lowest BCUT2D eigenvalue weighted by Crippen LogP contribution is -2.30. The Morgan fingerprint density at radius 2 is 1.94 bits per heavy atom. The summed E-state index contributed by atoms with van der Waals surface area (Å²) in [6, 6.07) is -0.141. The Labute approximate surface area is 184 Å². The van der Waals surface area contributed by atoms with Crippen molar-refractivity contribution in [3.8, 4) is 11.6 Å². The number of halogens is 3. The van der Waals surface area contributed by atoms with E-state index in [9.17, 15) is 18.0 Å². The fourth-order valence-electron chi connectivity index (χ4n) is 3.43. The van der Waals surface area contributed by atoms with Gasteiger partial charge in [-0.05, 0) is 47.5 Å². The third kappa shape index (κ3) is 4.73. The van der Waals surface area contributed by atoms with Crippen molar-refractivity contribution < 1.29 is 27.4 Å². The quantitative estimate of drug-likeness (QED) is 0.463. The van der Waals surface area contributed by atoms with E-state index in [0.717, 1.165) is 18.0 Å². The summed E-state index contributed by atoms with van der Waals surface area (Å²) in [6.07, 6.45) is -1.36. The molecule has 2 aromatic rings. The molecule has 1 fully saturated rings. The largest absolute Gasteiger partial charge is 0.461 e. The summed E-state index contributed by atoms with van der Waals surface area (Å²) in [7, 11) is 0. The van der Waals surface area contributed by atoms with Gasteiger partial charge >= 0.3 is 12.1 Å². The molecule has 1 aliphatic carbocycles. The molecule has 1 N–H and O–H groups in total. The second kappa shape index (κ2) is 8.48. The number of carbonyl (C=O) groups is 1. The highest BCUT2D eigenvalue weighted by Gasteiger charge is 2.40. The molecule has 0 amide bonds. The summed E-state index contributed by atoms with van der Waals surface area (Å²) in [5.74, 6) is -1.14. The van der Waals surface area contributed by atoms with E-state index >= 15 is 0 Å². The van der Waals surface area contributed by atoms with Crippen molar-refractivity contribution in [3.63, 3.8) is 0 Å². The average molecular weight is 452 g/mol. The molecule has 0 atom stereocenters. The molecule has 32 heavy (non-hydrogen) atoms. The van der Waals surface area contributed by atoms with Crippen LogP contribution in [0.25, 0.3) is 0 Å². The number of anilines is 1. The Balaban J connectivity index is 2.08. The van der Waals surface area contributed by atoms with Crippen molar-refractivity contribution in [1.29, 1.82) is 0 Å². The number of hydrogen-bond donors (Lipinski definition) is 1. The molecule has 1 saturated carbocycles. The Kier molecular flexibility index (Phi) is 6.26. The van der Waals surface area contributed by atoms with Crippen LogP contribution >= 0.6 is 0 Å². The number of nitrogens with one attached hydrogen (secondary N) is 1. The minimum Gasteiger partial charge on any atom is -0.461 e. The van der Waals surface area contributed by atoms with Gasteiger partial charge in [0.25, 0.3) is 0 Å². The second-order valence-electron chi connectivity index (χ2n) is 8.74. The molecule has 7 nitrogen and oxygen atoms in total. The lowest BCUT2D eigenvalue weighted by molar-refractivity contribution is -0.138. The highest BCUT2D eigenvalue weighted by molar-refractivity contribution is 5.89. The van der Waals surface area contributed by atoms with E-state index in [2.05, 4.69) is 22.0 Å². The first-order valence-electron chi connectivity index (χ1n) is 10.3. The first kappa shape index (κ1) is 23.6. The van der Waals surface area contributed by atoms with Crippen molar-refractivity contribution in [1.82, 2.24) is 14.8 Å². The molecule has 3 rings (SSSR count). The maximum atomic E-state index is 14.1. The summed E-state index contributed by atoms with van der Waals surface area (Å²) in [5.41, 5.74) is -0.576. The third-order valence-electron chi connectivity index (χ3n) is 5.00. The van der Waals surface area contributed by atoms with Gasteiger partial charge in [0, 0.05) is 11.6 Å². The highest BCUT2D eigenvalue weighted by atomic mass is 19.4. The van der Waals surface area contributed by atoms with Crippen LogP contribution in [0.15, 0.2) is 24.5 Å². The Hall–Kier alpha value is -3.04. The van der Waals surface area contributed by atoms with Gasteiger partial charge in [-0.15, -0.1) is 0 Å². The molecule has 0 aliphatic heterocycles. The van der Waals surface area contributed by atoms with E-state index in [1.165, 1.54) is 4.68 Å². The highest BCUT2D eigenvalue weighted by Crippen LogP contribution is 2.44. The fraction of sp³-hybridized carbons (Fsp3) is 0.500. The standard InChI is InChI=1S/C22H27F3N4O3/c1-7-31-20(30)18-13(3)19(29(28-18)21(4,5)6)32-16-11-26-10-15(17(16)22(23,24)25)27-14-8-12(2)9-14/h10-11,14,27H,2,7-9H2,1,3-6H3. The van der Waals surface area contributed by atoms with Crippen molar-refractivity contribution in [2.75, 3.05) is 11.9 Å². The van der Waals surface area contributed by atoms with Gasteiger partial charge in [0.05, 0.1) is 30.2 Å². The lowest BCUT2D eigenvalue weighted by atomic mass is 9.87. The normalized spacial score (nSPS) is 14.8. The minimum absolute atomic E-state index is 0.0134. The van der Waals surface area contributed by atoms with E-state index < -0.39 is 29.0 Å². The minimum atomic E-state index is -4.70. The van der Waals surface area contributed by atoms with Crippen LogP contribution in [-0.2, 0) is 16.5 Å². The monoisotopic (exact) mass is 452 g/mol. The number of ether oxygens (including phenoxy) is 2. The number of alkyl halides is 3. The van der Waals surface area contributed by atoms with Gasteiger partial charge in [-0.2, -0.15) is 18.3 Å². The van der Waals surface area contributed by atoms with E-state index in [1.807, 2.05) is 0 Å². The van der Waals surface area contributed by atoms with E-state index in [0.29, 0.717) is 12.8 Å². The molecule has 10 heteroatoms. The van der Waals surface area contributed by atoms with Gasteiger partial charge in [0.1, 0.15) is 5.56 Å². The predicted molar refractivity (Wildman–Crippen MR) is 113 cm³/mol. The number of pyridine rings is 1. The summed E-state index contributed by atoms with van der Waals surface area (Å²) in [6.45, 7) is 12.6. The van der Waals surface area contributed by atoms with Crippen LogP contribution in [0.3, 0.4) is 0 Å². The van der Waals surface area contributed by atoms with Gasteiger partial charge in [-0.1, -0.05) is 12.2 Å². The molecule has 0 spiro atoms. The van der Waals surface area contributed by atoms with E-state index in [4.69, 9.17) is 9.47 Å². The number of nitrogens with zero attached hydrogens (tertiary/aromatic N) is 3. The first-order valence-corrected chi connectivity index (χ1v) is 10.3. The molecule has 0 unspecified atom stereocenters. The number of rotatable bonds is 6. The molecular formula is C22H27F3N4O3.